The van der Waals surface area contributed by atoms with Crippen LogP contribution in [0.2, 0.25) is 0 Å². The molecule has 0 radical (unpaired) electrons. The first-order chi connectivity index (χ1) is 19.5. The summed E-state index contributed by atoms with van der Waals surface area (Å²) in [6, 6.07) is 19.5. The van der Waals surface area contributed by atoms with Gasteiger partial charge in [-0.05, 0) is 42.0 Å². The third-order valence-electron chi connectivity index (χ3n) is 6.92. The molecule has 1 N–H and O–H groups in total. The topological polar surface area (TPSA) is 116 Å². The van der Waals surface area contributed by atoms with E-state index < -0.39 is 5.76 Å². The molecule has 0 unspecified atom stereocenters. The van der Waals surface area contributed by atoms with E-state index in [1.165, 1.54) is 0 Å². The lowest BCUT2D eigenvalue weighted by atomic mass is 9.96. The molecule has 0 atom stereocenters. The predicted octanol–water partition coefficient (Wildman–Crippen LogP) is 4.95. The number of aryl methyl sites for hydroxylation is 2. The van der Waals surface area contributed by atoms with Crippen molar-refractivity contribution in [3.8, 4) is 28.4 Å². The molecule has 0 aliphatic carbocycles. The second-order valence-electron chi connectivity index (χ2n) is 9.65. The number of aromatic amines is 1. The maximum Gasteiger partial charge on any atom is 0.439 e. The van der Waals surface area contributed by atoms with E-state index in [2.05, 4.69) is 22.0 Å². The summed E-state index contributed by atoms with van der Waals surface area (Å²) in [6.07, 6.45) is 4.94. The quantitative estimate of drug-likeness (QED) is 0.268. The van der Waals surface area contributed by atoms with E-state index in [0.717, 1.165) is 52.8 Å². The van der Waals surface area contributed by atoms with Crippen LogP contribution in [-0.4, -0.2) is 31.8 Å². The summed E-state index contributed by atoms with van der Waals surface area (Å²) in [4.78, 5) is 37.1. The number of methoxy groups -OCH3 is 1. The van der Waals surface area contributed by atoms with Gasteiger partial charge in [-0.25, -0.2) is 14.8 Å². The van der Waals surface area contributed by atoms with E-state index in [1.54, 1.807) is 23.9 Å². The standard InChI is InChI=1S/C31H31N5O4/c1-4-5-10-27-26(30(37)36(20(2)33-27)19-22-13-16-28(39-3)32-18-22)17-21-11-14-23(15-12-21)24-8-6-7-9-25(24)29-34-31(38)40-35-29/h6-9,11-16,18H,4-5,10,17,19H2,1-3H3,(H,34,35,38). The normalized spacial score (nSPS) is 11.1. The molecule has 0 fully saturated rings. The Kier molecular flexibility index (Phi) is 8.00. The Morgan fingerprint density at radius 3 is 2.38 bits per heavy atom. The van der Waals surface area contributed by atoms with Crippen LogP contribution in [0.1, 0.15) is 48.0 Å². The van der Waals surface area contributed by atoms with Crippen molar-refractivity contribution in [3.05, 3.63) is 116 Å². The molecule has 40 heavy (non-hydrogen) atoms. The van der Waals surface area contributed by atoms with E-state index in [-0.39, 0.29) is 5.56 Å². The summed E-state index contributed by atoms with van der Waals surface area (Å²) in [5.74, 6) is 0.999. The third-order valence-corrected chi connectivity index (χ3v) is 6.92. The van der Waals surface area contributed by atoms with Crippen LogP contribution in [0.4, 0.5) is 0 Å². The summed E-state index contributed by atoms with van der Waals surface area (Å²) in [5.41, 5.74) is 6.09. The molecule has 0 aliphatic rings. The predicted molar refractivity (Wildman–Crippen MR) is 153 cm³/mol. The van der Waals surface area contributed by atoms with E-state index in [1.807, 2.05) is 61.5 Å². The Balaban J connectivity index is 1.47. The van der Waals surface area contributed by atoms with Gasteiger partial charge in [0.25, 0.3) is 5.56 Å². The van der Waals surface area contributed by atoms with Crippen molar-refractivity contribution in [1.82, 2.24) is 24.7 Å². The van der Waals surface area contributed by atoms with E-state index in [4.69, 9.17) is 14.2 Å². The van der Waals surface area contributed by atoms with Gasteiger partial charge in [-0.3, -0.25) is 18.9 Å². The number of unbranched alkanes of at least 4 members (excludes halogenated alkanes) is 1. The van der Waals surface area contributed by atoms with Crippen molar-refractivity contribution < 1.29 is 9.26 Å². The van der Waals surface area contributed by atoms with Crippen molar-refractivity contribution in [2.75, 3.05) is 7.11 Å². The van der Waals surface area contributed by atoms with Crippen molar-refractivity contribution in [2.45, 2.75) is 46.1 Å². The highest BCUT2D eigenvalue weighted by atomic mass is 16.5. The Bertz CT molecular complexity index is 1720. The third kappa shape index (κ3) is 5.78. The number of hydrogen-bond acceptors (Lipinski definition) is 7. The summed E-state index contributed by atoms with van der Waals surface area (Å²) in [5, 5.41) is 3.85. The van der Waals surface area contributed by atoms with Gasteiger partial charge in [0.1, 0.15) is 5.82 Å². The first-order valence-electron chi connectivity index (χ1n) is 13.3. The Morgan fingerprint density at radius 2 is 1.73 bits per heavy atom. The van der Waals surface area contributed by atoms with Crippen LogP contribution in [-0.2, 0) is 19.4 Å². The van der Waals surface area contributed by atoms with Gasteiger partial charge in [0.2, 0.25) is 5.88 Å². The highest BCUT2D eigenvalue weighted by Crippen LogP contribution is 2.30. The molecule has 3 aromatic heterocycles. The fraction of sp³-hybridized carbons (Fsp3) is 0.258. The van der Waals surface area contributed by atoms with Gasteiger partial charge >= 0.3 is 5.76 Å². The minimum Gasteiger partial charge on any atom is -0.481 e. The smallest absolute Gasteiger partial charge is 0.439 e. The number of benzene rings is 2. The molecule has 5 rings (SSSR count). The zero-order valence-electron chi connectivity index (χ0n) is 22.8. The van der Waals surface area contributed by atoms with Crippen LogP contribution in [0.5, 0.6) is 5.88 Å². The fourth-order valence-electron chi connectivity index (χ4n) is 4.77. The number of aromatic nitrogens is 5. The molecule has 9 nitrogen and oxygen atoms in total. The Labute approximate surface area is 231 Å². The van der Waals surface area contributed by atoms with Gasteiger partial charge in [-0.2, -0.15) is 0 Å². The molecule has 204 valence electrons. The van der Waals surface area contributed by atoms with Crippen molar-refractivity contribution >= 4 is 0 Å². The number of H-pyrrole nitrogens is 1. The number of rotatable bonds is 10. The van der Waals surface area contributed by atoms with Crippen LogP contribution >= 0.6 is 0 Å². The summed E-state index contributed by atoms with van der Waals surface area (Å²) in [7, 11) is 1.58. The highest BCUT2D eigenvalue weighted by Gasteiger charge is 2.17. The van der Waals surface area contributed by atoms with Gasteiger partial charge in [0, 0.05) is 29.8 Å². The zero-order valence-corrected chi connectivity index (χ0v) is 22.8. The Morgan fingerprint density at radius 1 is 0.975 bits per heavy atom. The summed E-state index contributed by atoms with van der Waals surface area (Å²) in [6.45, 7) is 4.40. The maximum atomic E-state index is 13.8. The maximum absolute atomic E-state index is 13.8. The molecule has 0 saturated carbocycles. The molecule has 0 bridgehead atoms. The molecular formula is C31H31N5O4. The Hall–Kier alpha value is -4.79. The van der Waals surface area contributed by atoms with Gasteiger partial charge in [0.05, 0.1) is 19.3 Å². The molecule has 0 spiro atoms. The monoisotopic (exact) mass is 537 g/mol. The average Bonchev–Trinajstić information content (AvgIpc) is 3.42. The lowest BCUT2D eigenvalue weighted by Gasteiger charge is -2.16. The van der Waals surface area contributed by atoms with E-state index in [9.17, 15) is 9.59 Å². The van der Waals surface area contributed by atoms with Crippen LogP contribution < -0.4 is 16.1 Å². The molecular weight excluding hydrogens is 506 g/mol. The molecule has 5 aromatic rings. The minimum absolute atomic E-state index is 0.0289. The van der Waals surface area contributed by atoms with Crippen molar-refractivity contribution in [1.29, 1.82) is 0 Å². The molecule has 2 aromatic carbocycles. The molecule has 0 saturated heterocycles. The lowest BCUT2D eigenvalue weighted by molar-refractivity contribution is 0.388. The van der Waals surface area contributed by atoms with Crippen LogP contribution in [0.15, 0.2) is 81.0 Å². The first-order valence-corrected chi connectivity index (χ1v) is 13.3. The SMILES string of the molecule is CCCCc1nc(C)n(Cc2ccc(OC)nc2)c(=O)c1Cc1ccc(-c2ccccc2-c2noc(=O)[nH]2)cc1. The fourth-order valence-corrected chi connectivity index (χ4v) is 4.77. The van der Waals surface area contributed by atoms with Crippen LogP contribution in [0, 0.1) is 6.92 Å². The summed E-state index contributed by atoms with van der Waals surface area (Å²) < 4.78 is 11.6. The highest BCUT2D eigenvalue weighted by molar-refractivity contribution is 5.80. The van der Waals surface area contributed by atoms with Crippen molar-refractivity contribution in [2.24, 2.45) is 0 Å². The number of pyridine rings is 1. The first kappa shape index (κ1) is 26.8. The van der Waals surface area contributed by atoms with E-state index >= 15 is 0 Å². The van der Waals surface area contributed by atoms with Gasteiger partial charge in [-0.15, -0.1) is 0 Å². The largest absolute Gasteiger partial charge is 0.481 e. The van der Waals surface area contributed by atoms with Crippen molar-refractivity contribution in [3.63, 3.8) is 0 Å². The summed E-state index contributed by atoms with van der Waals surface area (Å²) >= 11 is 0. The number of nitrogens with one attached hydrogen (secondary N) is 1. The van der Waals surface area contributed by atoms with Gasteiger partial charge < -0.3 is 4.74 Å². The molecule has 0 amide bonds. The molecule has 3 heterocycles. The second kappa shape index (κ2) is 11.9. The number of ether oxygens (including phenoxy) is 1. The second-order valence-corrected chi connectivity index (χ2v) is 9.65. The minimum atomic E-state index is -0.598. The zero-order chi connectivity index (χ0) is 28.1. The number of hydrogen-bond donors (Lipinski definition) is 1. The van der Waals surface area contributed by atoms with Gasteiger partial charge in [-0.1, -0.05) is 73.1 Å². The average molecular weight is 538 g/mol. The van der Waals surface area contributed by atoms with Gasteiger partial charge in [0.15, 0.2) is 5.82 Å². The van der Waals surface area contributed by atoms with Crippen LogP contribution in [0.25, 0.3) is 22.5 Å². The number of nitrogens with zero attached hydrogens (tertiary/aromatic N) is 4. The lowest BCUT2D eigenvalue weighted by Crippen LogP contribution is -2.30. The van der Waals surface area contributed by atoms with E-state index in [0.29, 0.717) is 36.1 Å². The van der Waals surface area contributed by atoms with Crippen LogP contribution in [0.3, 0.4) is 0 Å². The molecule has 0 aliphatic heterocycles. The molecule has 9 heteroatoms.